The second-order valence-electron chi connectivity index (χ2n) is 10.2. The predicted molar refractivity (Wildman–Crippen MR) is 129 cm³/mol. The number of ketones is 1. The number of aryl methyl sites for hydroxylation is 1. The maximum Gasteiger partial charge on any atom is 0.314 e. The van der Waals surface area contributed by atoms with Gasteiger partial charge in [-0.1, -0.05) is 40.5 Å². The van der Waals surface area contributed by atoms with Crippen molar-refractivity contribution < 1.29 is 18.8 Å². The highest BCUT2D eigenvalue weighted by molar-refractivity contribution is 6.74. The number of ether oxygens (including phenoxy) is 1. The Kier molecular flexibility index (Phi) is 8.32. The second-order valence-corrected chi connectivity index (χ2v) is 15.0. The van der Waals surface area contributed by atoms with Gasteiger partial charge in [0.25, 0.3) is 0 Å². The number of carbonyl (C=O) groups is 2. The van der Waals surface area contributed by atoms with E-state index in [-0.39, 0.29) is 28.6 Å². The number of hydrogen-bond donors (Lipinski definition) is 0. The quantitative estimate of drug-likeness (QED) is 0.156. The summed E-state index contributed by atoms with van der Waals surface area (Å²) in [5.41, 5.74) is 2.10. The lowest BCUT2D eigenvalue weighted by molar-refractivity contribution is -0.143. The summed E-state index contributed by atoms with van der Waals surface area (Å²) in [6.07, 6.45) is 5.86. The van der Waals surface area contributed by atoms with Gasteiger partial charge in [0.2, 0.25) is 8.32 Å². The summed E-state index contributed by atoms with van der Waals surface area (Å²) in [6, 6.07) is 4.17. The molecule has 1 heterocycles. The van der Waals surface area contributed by atoms with Gasteiger partial charge in [0.05, 0.1) is 5.92 Å². The molecule has 1 aromatic rings. The molecule has 31 heavy (non-hydrogen) atoms. The summed E-state index contributed by atoms with van der Waals surface area (Å²) in [5, 5.41) is 0.0607. The van der Waals surface area contributed by atoms with Crippen LogP contribution in [-0.4, -0.2) is 20.1 Å². The van der Waals surface area contributed by atoms with E-state index >= 15 is 0 Å². The van der Waals surface area contributed by atoms with Gasteiger partial charge < -0.3 is 9.16 Å². The molecule has 0 saturated heterocycles. The molecule has 0 N–H and O–H groups in total. The van der Waals surface area contributed by atoms with Gasteiger partial charge in [-0.25, -0.2) is 0 Å². The molecule has 0 amide bonds. The largest absolute Gasteiger partial charge is 0.543 e. The van der Waals surface area contributed by atoms with Crippen LogP contribution in [0, 0.1) is 5.92 Å². The average Bonchev–Trinajstić information content (AvgIpc) is 2.68. The minimum Gasteiger partial charge on any atom is -0.543 e. The summed E-state index contributed by atoms with van der Waals surface area (Å²) in [6.45, 7) is 19.3. The Balaban J connectivity index is 0.00000166. The molecule has 2 aliphatic rings. The van der Waals surface area contributed by atoms with Crippen LogP contribution in [-0.2, 0) is 16.0 Å². The molecule has 4 nitrogen and oxygen atoms in total. The highest BCUT2D eigenvalue weighted by atomic mass is 28.4. The van der Waals surface area contributed by atoms with Gasteiger partial charge in [-0.3, -0.25) is 9.59 Å². The van der Waals surface area contributed by atoms with Crippen molar-refractivity contribution in [3.63, 3.8) is 0 Å². The molecule has 3 rings (SSSR count). The summed E-state index contributed by atoms with van der Waals surface area (Å²) in [7, 11) is -2.08. The average molecular weight is 445 g/mol. The van der Waals surface area contributed by atoms with Crippen LogP contribution in [0.25, 0.3) is 0 Å². The van der Waals surface area contributed by atoms with Crippen LogP contribution in [0.15, 0.2) is 25.3 Å². The van der Waals surface area contributed by atoms with E-state index < -0.39 is 8.32 Å². The SMILES string of the molecule is C=C.CCCCCc1cc2c(c(O[Si](C)(C)C(C)(C)C)c1)[C@H]1CC(=O)CC[C@H]1C(=O)O2. The Hall–Kier alpha value is -1.88. The first-order valence-corrected chi connectivity index (χ1v) is 14.5. The smallest absolute Gasteiger partial charge is 0.314 e. The van der Waals surface area contributed by atoms with Crippen LogP contribution in [0.5, 0.6) is 11.5 Å². The third-order valence-corrected chi connectivity index (χ3v) is 11.3. The van der Waals surface area contributed by atoms with Crippen LogP contribution < -0.4 is 9.16 Å². The molecule has 172 valence electrons. The van der Waals surface area contributed by atoms with Crippen molar-refractivity contribution in [3.8, 4) is 11.5 Å². The topological polar surface area (TPSA) is 52.6 Å². The zero-order valence-corrected chi connectivity index (χ0v) is 21.3. The van der Waals surface area contributed by atoms with E-state index in [1.54, 1.807) is 0 Å². The van der Waals surface area contributed by atoms with E-state index in [1.807, 2.05) is 6.07 Å². The van der Waals surface area contributed by atoms with Crippen molar-refractivity contribution >= 4 is 20.1 Å². The van der Waals surface area contributed by atoms with E-state index in [0.717, 1.165) is 29.7 Å². The molecule has 0 bridgehead atoms. The second kappa shape index (κ2) is 10.2. The van der Waals surface area contributed by atoms with Gasteiger partial charge in [-0.05, 0) is 55.1 Å². The minimum atomic E-state index is -2.08. The molecule has 2 atom stereocenters. The highest BCUT2D eigenvalue weighted by Crippen LogP contribution is 2.50. The fourth-order valence-corrected chi connectivity index (χ4v) is 5.14. The molecule has 0 unspecified atom stereocenters. The monoisotopic (exact) mass is 444 g/mol. The summed E-state index contributed by atoms with van der Waals surface area (Å²) >= 11 is 0. The van der Waals surface area contributed by atoms with Gasteiger partial charge in [0.15, 0.2) is 0 Å². The van der Waals surface area contributed by atoms with E-state index in [9.17, 15) is 9.59 Å². The number of rotatable bonds is 6. The Labute approximate surface area is 189 Å². The van der Waals surface area contributed by atoms with Gasteiger partial charge in [-0.2, -0.15) is 0 Å². The van der Waals surface area contributed by atoms with E-state index in [1.165, 1.54) is 12.8 Å². The molecular weight excluding hydrogens is 404 g/mol. The fourth-order valence-electron chi connectivity index (χ4n) is 4.12. The number of fused-ring (bicyclic) bond motifs is 3. The third-order valence-electron chi connectivity index (χ3n) is 6.96. The van der Waals surface area contributed by atoms with Gasteiger partial charge in [0.1, 0.15) is 17.3 Å². The standard InChI is InChI=1S/C24H36O4Si.C2H4/c1-7-8-9-10-16-13-20-22(21(14-16)28-29(5,6)24(2,3)4)19-15-17(25)11-12-18(19)23(26)27-20;1-2/h13-14,18-19H,7-12,15H2,1-6H3;1-2H2/t18-,19+;/m1./s1. The molecular formula is C26H40O4Si. The summed E-state index contributed by atoms with van der Waals surface area (Å²) < 4.78 is 12.6. The number of esters is 1. The van der Waals surface area contributed by atoms with E-state index in [4.69, 9.17) is 9.16 Å². The van der Waals surface area contributed by atoms with Crippen molar-refractivity contribution in [3.05, 3.63) is 36.4 Å². The molecule has 1 saturated carbocycles. The number of Topliss-reactive ketones (excluding diaryl/α,β-unsaturated/α-hetero) is 1. The first-order valence-electron chi connectivity index (χ1n) is 11.6. The lowest BCUT2D eigenvalue weighted by Gasteiger charge is -2.40. The highest BCUT2D eigenvalue weighted by Gasteiger charge is 2.45. The Morgan fingerprint density at radius 1 is 1.13 bits per heavy atom. The van der Waals surface area contributed by atoms with Crippen molar-refractivity contribution in [2.75, 3.05) is 0 Å². The van der Waals surface area contributed by atoms with Gasteiger partial charge in [0, 0.05) is 24.3 Å². The van der Waals surface area contributed by atoms with E-state index in [2.05, 4.69) is 60.0 Å². The van der Waals surface area contributed by atoms with E-state index in [0.29, 0.717) is 25.0 Å². The summed E-state index contributed by atoms with van der Waals surface area (Å²) in [5.74, 6) is 1.17. The molecule has 0 radical (unpaired) electrons. The van der Waals surface area contributed by atoms with Crippen LogP contribution in [0.4, 0.5) is 0 Å². The van der Waals surface area contributed by atoms with Crippen molar-refractivity contribution in [1.29, 1.82) is 0 Å². The molecule has 0 spiro atoms. The minimum absolute atomic E-state index is 0.0607. The van der Waals surface area contributed by atoms with Crippen molar-refractivity contribution in [2.45, 2.75) is 96.7 Å². The molecule has 1 aliphatic heterocycles. The van der Waals surface area contributed by atoms with Crippen molar-refractivity contribution in [2.24, 2.45) is 5.92 Å². The zero-order chi connectivity index (χ0) is 23.4. The predicted octanol–water partition coefficient (Wildman–Crippen LogP) is 6.98. The zero-order valence-electron chi connectivity index (χ0n) is 20.3. The molecule has 5 heteroatoms. The fraction of sp³-hybridized carbons (Fsp3) is 0.615. The Morgan fingerprint density at radius 2 is 1.81 bits per heavy atom. The maximum atomic E-state index is 12.7. The van der Waals surface area contributed by atoms with Gasteiger partial charge >= 0.3 is 5.97 Å². The molecule has 0 aromatic heterocycles. The lowest BCUT2D eigenvalue weighted by Crippen LogP contribution is -2.44. The van der Waals surface area contributed by atoms with Crippen LogP contribution in [0.3, 0.4) is 0 Å². The number of unbranched alkanes of at least 4 members (excludes halogenated alkanes) is 2. The number of benzene rings is 1. The summed E-state index contributed by atoms with van der Waals surface area (Å²) in [4.78, 5) is 24.9. The molecule has 1 aliphatic carbocycles. The first-order chi connectivity index (χ1) is 14.5. The molecule has 1 aromatic carbocycles. The van der Waals surface area contributed by atoms with Gasteiger partial charge in [-0.15, -0.1) is 13.2 Å². The Morgan fingerprint density at radius 3 is 2.42 bits per heavy atom. The molecule has 1 fully saturated rings. The number of carbonyl (C=O) groups excluding carboxylic acids is 2. The van der Waals surface area contributed by atoms with Crippen molar-refractivity contribution in [1.82, 2.24) is 0 Å². The Bertz CT molecular complexity index is 806. The van der Waals surface area contributed by atoms with Crippen LogP contribution >= 0.6 is 0 Å². The normalized spacial score (nSPS) is 20.7. The first kappa shape index (κ1) is 25.4. The number of hydrogen-bond acceptors (Lipinski definition) is 4. The van der Waals surface area contributed by atoms with Crippen LogP contribution in [0.1, 0.15) is 83.3 Å². The lowest BCUT2D eigenvalue weighted by atomic mass is 9.73. The third kappa shape index (κ3) is 5.68. The van der Waals surface area contributed by atoms with Crippen LogP contribution in [0.2, 0.25) is 18.1 Å². The maximum absolute atomic E-state index is 12.7.